The van der Waals surface area contributed by atoms with E-state index in [1.807, 2.05) is 4.90 Å². The van der Waals surface area contributed by atoms with Crippen LogP contribution >= 0.6 is 0 Å². The SMILES string of the molecule is COc1nc2c(cc1CNC(=O)c1cccnn1)C(=O)N(C1CCCC1)C2. The zero-order valence-corrected chi connectivity index (χ0v) is 15.1. The molecule has 140 valence electrons. The van der Waals surface area contributed by atoms with Crippen LogP contribution in [0.15, 0.2) is 24.4 Å². The predicted octanol–water partition coefficient (Wildman–Crippen LogP) is 1.71. The van der Waals surface area contributed by atoms with Gasteiger partial charge in [0.1, 0.15) is 0 Å². The van der Waals surface area contributed by atoms with E-state index in [0.717, 1.165) is 18.5 Å². The third kappa shape index (κ3) is 3.34. The second kappa shape index (κ2) is 7.30. The largest absolute Gasteiger partial charge is 0.481 e. The number of hydrogen-bond donors (Lipinski definition) is 1. The average molecular weight is 367 g/mol. The number of ether oxygens (including phenoxy) is 1. The summed E-state index contributed by atoms with van der Waals surface area (Å²) in [6.45, 7) is 0.719. The van der Waals surface area contributed by atoms with Crippen molar-refractivity contribution in [3.8, 4) is 5.88 Å². The number of carbonyl (C=O) groups excluding carboxylic acids is 2. The van der Waals surface area contributed by atoms with Gasteiger partial charge in [-0.2, -0.15) is 5.10 Å². The number of nitrogens with one attached hydrogen (secondary N) is 1. The van der Waals surface area contributed by atoms with Crippen molar-refractivity contribution in [3.05, 3.63) is 46.9 Å². The number of carbonyl (C=O) groups is 2. The molecule has 0 atom stereocenters. The Bertz CT molecular complexity index is 865. The molecule has 0 spiro atoms. The van der Waals surface area contributed by atoms with Gasteiger partial charge < -0.3 is 15.0 Å². The van der Waals surface area contributed by atoms with Crippen LogP contribution in [0.1, 0.15) is 57.8 Å². The molecule has 0 radical (unpaired) electrons. The summed E-state index contributed by atoms with van der Waals surface area (Å²) < 4.78 is 5.38. The first kappa shape index (κ1) is 17.4. The minimum absolute atomic E-state index is 0.0218. The molecule has 8 heteroatoms. The monoisotopic (exact) mass is 367 g/mol. The van der Waals surface area contributed by atoms with Crippen LogP contribution in [0.3, 0.4) is 0 Å². The van der Waals surface area contributed by atoms with Crippen LogP contribution in [-0.4, -0.2) is 45.0 Å². The number of hydrogen-bond acceptors (Lipinski definition) is 6. The highest BCUT2D eigenvalue weighted by Gasteiger charge is 2.35. The fourth-order valence-corrected chi connectivity index (χ4v) is 3.77. The topological polar surface area (TPSA) is 97.3 Å². The molecule has 0 unspecified atom stereocenters. The molecule has 2 aromatic heterocycles. The Labute approximate surface area is 156 Å². The predicted molar refractivity (Wildman–Crippen MR) is 96.1 cm³/mol. The summed E-state index contributed by atoms with van der Waals surface area (Å²) in [6.07, 6.45) is 5.95. The molecule has 0 bridgehead atoms. The number of amides is 2. The Morgan fingerprint density at radius 2 is 2.19 bits per heavy atom. The standard InChI is InChI=1S/C19H21N5O3/c1-27-18-12(10-20-17(25)15-7-4-8-21-23-15)9-14-16(22-18)11-24(19(14)26)13-5-2-3-6-13/h4,7-9,13H,2-3,5-6,10-11H2,1H3,(H,20,25). The number of rotatable bonds is 5. The van der Waals surface area contributed by atoms with Crippen molar-refractivity contribution >= 4 is 11.8 Å². The van der Waals surface area contributed by atoms with Crippen LogP contribution in [0.5, 0.6) is 5.88 Å². The molecule has 8 nitrogen and oxygen atoms in total. The molecule has 0 aromatic carbocycles. The maximum atomic E-state index is 12.8. The molecule has 4 rings (SSSR count). The summed E-state index contributed by atoms with van der Waals surface area (Å²) in [5.74, 6) is 0.104. The number of nitrogens with zero attached hydrogens (tertiary/aromatic N) is 4. The van der Waals surface area contributed by atoms with Crippen molar-refractivity contribution in [1.82, 2.24) is 25.4 Å². The summed E-state index contributed by atoms with van der Waals surface area (Å²) >= 11 is 0. The highest BCUT2D eigenvalue weighted by Crippen LogP contribution is 2.33. The third-order valence-corrected chi connectivity index (χ3v) is 5.16. The van der Waals surface area contributed by atoms with Gasteiger partial charge in [-0.05, 0) is 31.0 Å². The van der Waals surface area contributed by atoms with E-state index < -0.39 is 0 Å². The summed E-state index contributed by atoms with van der Waals surface area (Å²) in [5, 5.41) is 10.3. The van der Waals surface area contributed by atoms with Crippen LogP contribution in [0.4, 0.5) is 0 Å². The van der Waals surface area contributed by atoms with Crippen LogP contribution in [0.25, 0.3) is 0 Å². The van der Waals surface area contributed by atoms with Crippen molar-refractivity contribution < 1.29 is 14.3 Å². The van der Waals surface area contributed by atoms with Crippen LogP contribution in [0, 0.1) is 0 Å². The highest BCUT2D eigenvalue weighted by atomic mass is 16.5. The fourth-order valence-electron chi connectivity index (χ4n) is 3.77. The summed E-state index contributed by atoms with van der Waals surface area (Å²) in [5.41, 5.74) is 2.24. The zero-order valence-electron chi connectivity index (χ0n) is 15.1. The molecule has 1 aliphatic carbocycles. The fraction of sp³-hybridized carbons (Fsp3) is 0.421. The van der Waals surface area contributed by atoms with Crippen molar-refractivity contribution in [2.24, 2.45) is 0 Å². The normalized spacial score (nSPS) is 16.5. The lowest BCUT2D eigenvalue weighted by atomic mass is 10.1. The quantitative estimate of drug-likeness (QED) is 0.864. The Balaban J connectivity index is 1.53. The lowest BCUT2D eigenvalue weighted by Crippen LogP contribution is -2.33. The molecule has 1 N–H and O–H groups in total. The van der Waals surface area contributed by atoms with Gasteiger partial charge in [-0.15, -0.1) is 5.10 Å². The smallest absolute Gasteiger partial charge is 0.272 e. The van der Waals surface area contributed by atoms with E-state index in [-0.39, 0.29) is 24.1 Å². The Morgan fingerprint density at radius 3 is 2.89 bits per heavy atom. The average Bonchev–Trinajstić information content (AvgIpc) is 3.34. The first-order chi connectivity index (χ1) is 13.2. The Kier molecular flexibility index (Phi) is 4.70. The first-order valence-corrected chi connectivity index (χ1v) is 9.11. The van der Waals surface area contributed by atoms with E-state index in [0.29, 0.717) is 29.6 Å². The summed E-state index contributed by atoms with van der Waals surface area (Å²) in [4.78, 5) is 31.5. The maximum absolute atomic E-state index is 12.8. The molecular formula is C19H21N5O3. The minimum Gasteiger partial charge on any atom is -0.481 e. The summed E-state index contributed by atoms with van der Waals surface area (Å²) in [7, 11) is 1.54. The summed E-state index contributed by atoms with van der Waals surface area (Å²) in [6, 6.07) is 5.33. The molecule has 2 amide bonds. The van der Waals surface area contributed by atoms with Gasteiger partial charge in [0.2, 0.25) is 5.88 Å². The van der Waals surface area contributed by atoms with E-state index in [2.05, 4.69) is 20.5 Å². The van der Waals surface area contributed by atoms with Crippen LogP contribution < -0.4 is 10.1 Å². The van der Waals surface area contributed by atoms with Gasteiger partial charge >= 0.3 is 0 Å². The van der Waals surface area contributed by atoms with Crippen molar-refractivity contribution in [3.63, 3.8) is 0 Å². The number of aromatic nitrogens is 3. The Hall–Kier alpha value is -3.03. The van der Waals surface area contributed by atoms with Crippen molar-refractivity contribution in [2.75, 3.05) is 7.11 Å². The molecule has 3 heterocycles. The number of methoxy groups -OCH3 is 1. The van der Waals surface area contributed by atoms with Gasteiger partial charge in [-0.1, -0.05) is 12.8 Å². The van der Waals surface area contributed by atoms with E-state index >= 15 is 0 Å². The number of pyridine rings is 1. The second-order valence-corrected chi connectivity index (χ2v) is 6.81. The van der Waals surface area contributed by atoms with Crippen molar-refractivity contribution in [2.45, 2.75) is 44.8 Å². The number of fused-ring (bicyclic) bond motifs is 1. The van der Waals surface area contributed by atoms with Gasteiger partial charge in [-0.25, -0.2) is 4.98 Å². The third-order valence-electron chi connectivity index (χ3n) is 5.16. The Morgan fingerprint density at radius 1 is 1.37 bits per heavy atom. The van der Waals surface area contributed by atoms with E-state index in [1.54, 1.807) is 18.2 Å². The van der Waals surface area contributed by atoms with Gasteiger partial charge in [0.05, 0.1) is 24.9 Å². The first-order valence-electron chi connectivity index (χ1n) is 9.11. The van der Waals surface area contributed by atoms with Crippen LogP contribution in [-0.2, 0) is 13.1 Å². The molecule has 0 saturated heterocycles. The highest BCUT2D eigenvalue weighted by molar-refractivity contribution is 5.98. The molecule has 1 fully saturated rings. The van der Waals surface area contributed by atoms with E-state index in [4.69, 9.17) is 4.74 Å². The molecule has 2 aliphatic rings. The lowest BCUT2D eigenvalue weighted by molar-refractivity contribution is 0.0706. The van der Waals surface area contributed by atoms with Gasteiger partial charge in [0.15, 0.2) is 5.69 Å². The maximum Gasteiger partial charge on any atom is 0.272 e. The lowest BCUT2D eigenvalue weighted by Gasteiger charge is -2.22. The molecule has 2 aromatic rings. The van der Waals surface area contributed by atoms with Gasteiger partial charge in [-0.3, -0.25) is 9.59 Å². The molecule has 1 saturated carbocycles. The molecular weight excluding hydrogens is 346 g/mol. The van der Waals surface area contributed by atoms with E-state index in [1.165, 1.54) is 26.1 Å². The second-order valence-electron chi connectivity index (χ2n) is 6.81. The van der Waals surface area contributed by atoms with E-state index in [9.17, 15) is 9.59 Å². The molecule has 1 aliphatic heterocycles. The van der Waals surface area contributed by atoms with Crippen molar-refractivity contribution in [1.29, 1.82) is 0 Å². The van der Waals surface area contributed by atoms with Gasteiger partial charge in [0.25, 0.3) is 11.8 Å². The zero-order chi connectivity index (χ0) is 18.8. The van der Waals surface area contributed by atoms with Gasteiger partial charge in [0, 0.05) is 24.3 Å². The molecule has 27 heavy (non-hydrogen) atoms. The van der Waals surface area contributed by atoms with Crippen LogP contribution in [0.2, 0.25) is 0 Å². The minimum atomic E-state index is -0.343.